The second kappa shape index (κ2) is 71.6. The molecule has 2 unspecified atom stereocenters. The van der Waals surface area contributed by atoms with Crippen molar-refractivity contribution in [2.45, 2.75) is 424 Å². The van der Waals surface area contributed by atoms with Crippen molar-refractivity contribution in [2.75, 3.05) is 13.2 Å². The van der Waals surface area contributed by atoms with E-state index < -0.39 is 12.1 Å². The number of amides is 1. The molecule has 0 fully saturated rings. The number of hydrogen-bond donors (Lipinski definition) is 3. The molecule has 0 aliphatic carbocycles. The van der Waals surface area contributed by atoms with Crippen molar-refractivity contribution >= 4 is 11.9 Å². The molecule has 0 heterocycles. The van der Waals surface area contributed by atoms with Crippen LogP contribution >= 0.6 is 0 Å². The van der Waals surface area contributed by atoms with Gasteiger partial charge >= 0.3 is 5.97 Å². The van der Waals surface area contributed by atoms with Crippen LogP contribution in [0.3, 0.4) is 0 Å². The number of carbonyl (C=O) groups is 2. The molecule has 0 saturated heterocycles. The van der Waals surface area contributed by atoms with Crippen molar-refractivity contribution in [3.63, 3.8) is 0 Å². The molecule has 1 amide bonds. The quantitative estimate of drug-likeness (QED) is 0.0320. The van der Waals surface area contributed by atoms with Crippen LogP contribution < -0.4 is 5.32 Å². The summed E-state index contributed by atoms with van der Waals surface area (Å²) in [5.74, 6) is -0.0212. The van der Waals surface area contributed by atoms with E-state index >= 15 is 0 Å². The number of nitrogens with one attached hydrogen (secondary N) is 1. The summed E-state index contributed by atoms with van der Waals surface area (Å²) in [6.07, 6.45) is 92.3. The summed E-state index contributed by atoms with van der Waals surface area (Å²) >= 11 is 0. The zero-order valence-corrected chi connectivity index (χ0v) is 55.5. The second-order valence-electron chi connectivity index (χ2n) is 25.6. The van der Waals surface area contributed by atoms with Crippen LogP contribution in [0.4, 0.5) is 0 Å². The first kappa shape index (κ1) is 80.1. The fourth-order valence-electron chi connectivity index (χ4n) is 11.7. The first-order valence-corrected chi connectivity index (χ1v) is 37.2. The van der Waals surface area contributed by atoms with Crippen molar-refractivity contribution in [1.82, 2.24) is 5.32 Å². The maximum absolute atomic E-state index is 12.5. The molecule has 6 heteroatoms. The molecule has 0 spiro atoms. The standard InChI is InChI=1S/C76H145NO5/c1-3-5-7-9-11-13-15-44-48-52-56-60-64-68-74(79)73(72-78)77-75(80)69-65-61-57-53-49-46-42-40-38-36-34-32-30-28-26-24-22-20-18-17-19-21-23-25-27-29-31-33-35-37-39-41-43-47-51-55-59-63-67-71-82-76(81)70-66-62-58-54-50-45-16-14-12-10-8-6-4-2/h8,10,14,16-18,73-74,78-79H,3-7,9,11-13,15,19-72H2,1-2H3,(H,77,80)/b10-8-,16-14-,18-17-. The molecule has 0 saturated carbocycles. The fourth-order valence-corrected chi connectivity index (χ4v) is 11.7. The fraction of sp³-hybridized carbons (Fsp3) is 0.895. The van der Waals surface area contributed by atoms with Crippen LogP contribution in [0, 0.1) is 0 Å². The summed E-state index contributed by atoms with van der Waals surface area (Å²) in [6, 6.07) is -0.537. The van der Waals surface area contributed by atoms with Crippen molar-refractivity contribution < 1.29 is 24.5 Å². The van der Waals surface area contributed by atoms with E-state index in [-0.39, 0.29) is 18.5 Å². The van der Waals surface area contributed by atoms with Gasteiger partial charge in [0.15, 0.2) is 0 Å². The van der Waals surface area contributed by atoms with Crippen molar-refractivity contribution in [2.24, 2.45) is 0 Å². The number of rotatable bonds is 70. The Kier molecular flexibility index (Phi) is 69.9. The molecule has 0 aliphatic heterocycles. The molecule has 0 aliphatic rings. The van der Waals surface area contributed by atoms with Crippen LogP contribution in [0.1, 0.15) is 412 Å². The first-order chi connectivity index (χ1) is 40.5. The van der Waals surface area contributed by atoms with Gasteiger partial charge in [-0.15, -0.1) is 0 Å². The predicted octanol–water partition coefficient (Wildman–Crippen LogP) is 24.3. The highest BCUT2D eigenvalue weighted by Gasteiger charge is 2.20. The van der Waals surface area contributed by atoms with Gasteiger partial charge in [-0.1, -0.05) is 359 Å². The highest BCUT2D eigenvalue weighted by Crippen LogP contribution is 2.19. The summed E-state index contributed by atoms with van der Waals surface area (Å²) in [4.78, 5) is 24.5. The Hall–Kier alpha value is -1.92. The van der Waals surface area contributed by atoms with E-state index in [4.69, 9.17) is 4.74 Å². The third-order valence-corrected chi connectivity index (χ3v) is 17.4. The molecular formula is C76H145NO5. The summed E-state index contributed by atoms with van der Waals surface area (Å²) in [5, 5.41) is 23.3. The third-order valence-electron chi connectivity index (χ3n) is 17.4. The second-order valence-corrected chi connectivity index (χ2v) is 25.6. The van der Waals surface area contributed by atoms with E-state index in [0.717, 1.165) is 51.4 Å². The normalized spacial score (nSPS) is 12.7. The highest BCUT2D eigenvalue weighted by molar-refractivity contribution is 5.76. The van der Waals surface area contributed by atoms with Crippen LogP contribution in [0.2, 0.25) is 0 Å². The highest BCUT2D eigenvalue weighted by atomic mass is 16.5. The van der Waals surface area contributed by atoms with Crippen molar-refractivity contribution in [3.05, 3.63) is 36.5 Å². The van der Waals surface area contributed by atoms with E-state index in [9.17, 15) is 19.8 Å². The minimum absolute atomic E-state index is 0.00730. The Labute approximate surface area is 513 Å². The maximum Gasteiger partial charge on any atom is 0.305 e. The van der Waals surface area contributed by atoms with Crippen LogP contribution in [0.15, 0.2) is 36.5 Å². The molecule has 82 heavy (non-hydrogen) atoms. The predicted molar refractivity (Wildman–Crippen MR) is 361 cm³/mol. The van der Waals surface area contributed by atoms with Gasteiger partial charge in [-0.3, -0.25) is 9.59 Å². The van der Waals surface area contributed by atoms with Gasteiger partial charge in [-0.05, 0) is 77.0 Å². The maximum atomic E-state index is 12.5. The molecule has 2 atom stereocenters. The number of esters is 1. The van der Waals surface area contributed by atoms with E-state index in [1.807, 2.05) is 0 Å². The molecular weight excluding hydrogens is 1010 g/mol. The summed E-state index contributed by atoms with van der Waals surface area (Å²) in [5.41, 5.74) is 0. The number of ether oxygens (including phenoxy) is 1. The van der Waals surface area contributed by atoms with Crippen molar-refractivity contribution in [3.8, 4) is 0 Å². The van der Waals surface area contributed by atoms with Crippen LogP contribution in [0.5, 0.6) is 0 Å². The molecule has 0 radical (unpaired) electrons. The lowest BCUT2D eigenvalue weighted by Gasteiger charge is -2.22. The van der Waals surface area contributed by atoms with Gasteiger partial charge in [0.05, 0.1) is 25.4 Å². The average molecular weight is 1150 g/mol. The lowest BCUT2D eigenvalue weighted by atomic mass is 10.0. The van der Waals surface area contributed by atoms with E-state index in [0.29, 0.717) is 25.9 Å². The average Bonchev–Trinajstić information content (AvgIpc) is 3.48. The molecule has 6 nitrogen and oxygen atoms in total. The minimum Gasteiger partial charge on any atom is -0.466 e. The molecule has 0 aromatic carbocycles. The monoisotopic (exact) mass is 1150 g/mol. The zero-order valence-electron chi connectivity index (χ0n) is 55.5. The van der Waals surface area contributed by atoms with Gasteiger partial charge in [-0.25, -0.2) is 0 Å². The summed E-state index contributed by atoms with van der Waals surface area (Å²) in [6.45, 7) is 4.91. The lowest BCUT2D eigenvalue weighted by molar-refractivity contribution is -0.143. The molecule has 3 N–H and O–H groups in total. The number of allylic oxidation sites excluding steroid dienone is 6. The van der Waals surface area contributed by atoms with Crippen LogP contribution in [-0.2, 0) is 14.3 Å². The van der Waals surface area contributed by atoms with Gasteiger partial charge in [0.25, 0.3) is 0 Å². The smallest absolute Gasteiger partial charge is 0.305 e. The summed E-state index contributed by atoms with van der Waals surface area (Å²) < 4.78 is 5.48. The molecule has 0 aromatic rings. The number of aliphatic hydroxyl groups is 2. The largest absolute Gasteiger partial charge is 0.466 e. The van der Waals surface area contributed by atoms with Gasteiger partial charge < -0.3 is 20.3 Å². The number of carbonyl (C=O) groups excluding carboxylic acids is 2. The third kappa shape index (κ3) is 67.2. The van der Waals surface area contributed by atoms with Gasteiger partial charge in [-0.2, -0.15) is 0 Å². The van der Waals surface area contributed by atoms with Gasteiger partial charge in [0, 0.05) is 12.8 Å². The number of hydrogen-bond acceptors (Lipinski definition) is 5. The van der Waals surface area contributed by atoms with E-state index in [1.54, 1.807) is 0 Å². The molecule has 0 rings (SSSR count). The minimum atomic E-state index is -0.660. The zero-order chi connectivity index (χ0) is 59.2. The Bertz CT molecular complexity index is 1330. The Morgan fingerprint density at radius 3 is 0.988 bits per heavy atom. The molecule has 0 bridgehead atoms. The van der Waals surface area contributed by atoms with Gasteiger partial charge in [0.1, 0.15) is 0 Å². The van der Waals surface area contributed by atoms with Crippen LogP contribution in [0.25, 0.3) is 0 Å². The van der Waals surface area contributed by atoms with E-state index in [1.165, 1.54) is 327 Å². The molecule has 484 valence electrons. The Balaban J connectivity index is 3.31. The molecule has 0 aromatic heterocycles. The van der Waals surface area contributed by atoms with Crippen molar-refractivity contribution in [1.29, 1.82) is 0 Å². The SMILES string of the molecule is CCC/C=C\C/C=C\CCCCCCCC(=O)OCCCCCCCCCCCCCCCCCCCC/C=C\CCCCCCCCCCCCCCCCCCCC(=O)NC(CO)C(O)CCCCCCCCCCCCCCC. The summed E-state index contributed by atoms with van der Waals surface area (Å²) in [7, 11) is 0. The Morgan fingerprint density at radius 2 is 0.634 bits per heavy atom. The first-order valence-electron chi connectivity index (χ1n) is 37.2. The van der Waals surface area contributed by atoms with Gasteiger partial charge in [0.2, 0.25) is 5.91 Å². The number of aliphatic hydroxyl groups excluding tert-OH is 2. The lowest BCUT2D eigenvalue weighted by Crippen LogP contribution is -2.45. The topological polar surface area (TPSA) is 95.9 Å². The van der Waals surface area contributed by atoms with Crippen LogP contribution in [-0.4, -0.2) is 47.4 Å². The number of unbranched alkanes of at least 4 members (excludes halogenated alkanes) is 53. The Morgan fingerprint density at radius 1 is 0.341 bits per heavy atom. The van der Waals surface area contributed by atoms with E-state index in [2.05, 4.69) is 55.6 Å².